The lowest BCUT2D eigenvalue weighted by molar-refractivity contribution is 0.362. The molecule has 6 nitrogen and oxygen atoms in total. The van der Waals surface area contributed by atoms with Gasteiger partial charge in [0.05, 0.1) is 6.04 Å². The van der Waals surface area contributed by atoms with E-state index in [1.807, 2.05) is 6.92 Å². The second-order valence-electron chi connectivity index (χ2n) is 3.29. The van der Waals surface area contributed by atoms with Crippen LogP contribution in [0.2, 0.25) is 0 Å². The molecule has 0 fully saturated rings. The smallest absolute Gasteiger partial charge is 0.243 e. The minimum absolute atomic E-state index is 0.269. The molecule has 2 rings (SSSR count). The highest BCUT2D eigenvalue weighted by atomic mass is 16.5. The zero-order valence-electron chi connectivity index (χ0n) is 8.51. The molecule has 0 saturated heterocycles. The van der Waals surface area contributed by atoms with Crippen molar-refractivity contribution >= 4 is 0 Å². The average Bonchev–Trinajstić information content (AvgIpc) is 2.66. The molecule has 2 aromatic rings. The van der Waals surface area contributed by atoms with Crippen molar-refractivity contribution in [2.45, 2.75) is 19.9 Å². The Morgan fingerprint density at radius 3 is 2.80 bits per heavy atom. The number of aryl methyl sites for hydroxylation is 1. The van der Waals surface area contributed by atoms with Gasteiger partial charge in [0.1, 0.15) is 12.0 Å². The molecule has 0 saturated carbocycles. The van der Waals surface area contributed by atoms with Gasteiger partial charge in [-0.3, -0.25) is 0 Å². The normalized spacial score (nSPS) is 12.7. The molecule has 0 aliphatic carbocycles. The number of hydrogen-bond acceptors (Lipinski definition) is 6. The zero-order valence-corrected chi connectivity index (χ0v) is 8.51. The van der Waals surface area contributed by atoms with E-state index in [0.29, 0.717) is 17.4 Å². The summed E-state index contributed by atoms with van der Waals surface area (Å²) in [5.41, 5.74) is 7.10. The average molecular weight is 205 g/mol. The molecule has 1 unspecified atom stereocenters. The highest BCUT2D eigenvalue weighted by molar-refractivity contribution is 5.47. The van der Waals surface area contributed by atoms with E-state index in [1.165, 1.54) is 6.33 Å². The lowest BCUT2D eigenvalue weighted by Crippen LogP contribution is -2.04. The van der Waals surface area contributed by atoms with Gasteiger partial charge in [0.25, 0.3) is 0 Å². The van der Waals surface area contributed by atoms with Crippen LogP contribution in [0.4, 0.5) is 0 Å². The van der Waals surface area contributed by atoms with Crippen LogP contribution in [0, 0.1) is 6.92 Å². The number of rotatable bonds is 2. The molecule has 6 heteroatoms. The molecule has 78 valence electrons. The summed E-state index contributed by atoms with van der Waals surface area (Å²) in [7, 11) is 0. The van der Waals surface area contributed by atoms with Crippen LogP contribution < -0.4 is 5.73 Å². The molecule has 2 N–H and O–H groups in total. The third-order valence-corrected chi connectivity index (χ3v) is 1.86. The first-order chi connectivity index (χ1) is 7.16. The van der Waals surface area contributed by atoms with E-state index in [0.717, 1.165) is 5.69 Å². The van der Waals surface area contributed by atoms with Crippen molar-refractivity contribution in [1.29, 1.82) is 0 Å². The van der Waals surface area contributed by atoms with Gasteiger partial charge in [-0.1, -0.05) is 5.16 Å². The molecular formula is C9H11N5O. The van der Waals surface area contributed by atoms with E-state index in [9.17, 15) is 0 Å². The van der Waals surface area contributed by atoms with Crippen LogP contribution in [-0.4, -0.2) is 20.1 Å². The van der Waals surface area contributed by atoms with E-state index in [1.54, 1.807) is 13.0 Å². The molecule has 0 bridgehead atoms. The predicted octanol–water partition coefficient (Wildman–Crippen LogP) is 0.855. The summed E-state index contributed by atoms with van der Waals surface area (Å²) < 4.78 is 4.97. The van der Waals surface area contributed by atoms with E-state index in [-0.39, 0.29) is 6.04 Å². The van der Waals surface area contributed by atoms with Crippen molar-refractivity contribution in [2.24, 2.45) is 5.73 Å². The molecular weight excluding hydrogens is 194 g/mol. The van der Waals surface area contributed by atoms with E-state index in [2.05, 4.69) is 20.1 Å². The van der Waals surface area contributed by atoms with Gasteiger partial charge in [-0.2, -0.15) is 4.98 Å². The summed E-state index contributed by atoms with van der Waals surface area (Å²) in [6.07, 6.45) is 1.46. The van der Waals surface area contributed by atoms with E-state index in [4.69, 9.17) is 10.3 Å². The van der Waals surface area contributed by atoms with Crippen LogP contribution in [0.15, 0.2) is 16.9 Å². The van der Waals surface area contributed by atoms with Gasteiger partial charge in [0, 0.05) is 5.69 Å². The quantitative estimate of drug-likeness (QED) is 0.781. The largest absolute Gasteiger partial charge is 0.337 e. The predicted molar refractivity (Wildman–Crippen MR) is 52.7 cm³/mol. The molecule has 0 aromatic carbocycles. The first-order valence-electron chi connectivity index (χ1n) is 4.55. The Balaban J connectivity index is 2.37. The van der Waals surface area contributed by atoms with Gasteiger partial charge in [0.15, 0.2) is 0 Å². The van der Waals surface area contributed by atoms with Gasteiger partial charge in [0.2, 0.25) is 11.7 Å². The first-order valence-corrected chi connectivity index (χ1v) is 4.55. The van der Waals surface area contributed by atoms with Crippen molar-refractivity contribution in [2.75, 3.05) is 0 Å². The molecule has 0 aliphatic heterocycles. The van der Waals surface area contributed by atoms with Crippen molar-refractivity contribution in [3.8, 4) is 11.5 Å². The lowest BCUT2D eigenvalue weighted by atomic mass is 10.3. The number of aromatic nitrogens is 4. The molecule has 15 heavy (non-hydrogen) atoms. The third kappa shape index (κ3) is 1.99. The molecule has 1 atom stereocenters. The molecule has 0 amide bonds. The number of hydrogen-bond donors (Lipinski definition) is 1. The fourth-order valence-corrected chi connectivity index (χ4v) is 1.10. The maximum atomic E-state index is 5.61. The summed E-state index contributed by atoms with van der Waals surface area (Å²) in [6.45, 7) is 3.65. The van der Waals surface area contributed by atoms with Crippen LogP contribution in [0.1, 0.15) is 24.6 Å². The summed E-state index contributed by atoms with van der Waals surface area (Å²) in [6, 6.07) is 1.52. The highest BCUT2D eigenvalue weighted by Gasteiger charge is 2.12. The van der Waals surface area contributed by atoms with Crippen LogP contribution in [0.5, 0.6) is 0 Å². The van der Waals surface area contributed by atoms with Crippen LogP contribution in [-0.2, 0) is 0 Å². The monoisotopic (exact) mass is 205 g/mol. The fraction of sp³-hybridized carbons (Fsp3) is 0.333. The third-order valence-electron chi connectivity index (χ3n) is 1.86. The maximum Gasteiger partial charge on any atom is 0.243 e. The minimum atomic E-state index is -0.269. The van der Waals surface area contributed by atoms with Gasteiger partial charge < -0.3 is 10.3 Å². The Kier molecular flexibility index (Phi) is 2.42. The Labute approximate surface area is 86.5 Å². The summed E-state index contributed by atoms with van der Waals surface area (Å²) in [5.74, 6) is 0.842. The Hall–Kier alpha value is -1.82. The van der Waals surface area contributed by atoms with Gasteiger partial charge in [-0.25, -0.2) is 9.97 Å². The van der Waals surface area contributed by atoms with E-state index >= 15 is 0 Å². The van der Waals surface area contributed by atoms with Gasteiger partial charge in [-0.05, 0) is 19.9 Å². The molecule has 2 aromatic heterocycles. The first kappa shape index (κ1) is 9.72. The fourth-order valence-electron chi connectivity index (χ4n) is 1.10. The molecule has 0 aliphatic rings. The van der Waals surface area contributed by atoms with Gasteiger partial charge >= 0.3 is 0 Å². The van der Waals surface area contributed by atoms with Crippen molar-refractivity contribution < 1.29 is 4.52 Å². The Morgan fingerprint density at radius 2 is 2.20 bits per heavy atom. The van der Waals surface area contributed by atoms with Crippen molar-refractivity contribution in [1.82, 2.24) is 20.1 Å². The highest BCUT2D eigenvalue weighted by Crippen LogP contribution is 2.15. The van der Waals surface area contributed by atoms with E-state index < -0.39 is 0 Å². The number of nitrogens with zero attached hydrogens (tertiary/aromatic N) is 4. The van der Waals surface area contributed by atoms with Crippen LogP contribution >= 0.6 is 0 Å². The summed E-state index contributed by atoms with van der Waals surface area (Å²) in [4.78, 5) is 12.2. The second kappa shape index (κ2) is 3.74. The minimum Gasteiger partial charge on any atom is -0.337 e. The molecule has 2 heterocycles. The summed E-state index contributed by atoms with van der Waals surface area (Å²) in [5, 5.41) is 3.79. The van der Waals surface area contributed by atoms with Crippen molar-refractivity contribution in [3.63, 3.8) is 0 Å². The number of nitrogens with two attached hydrogens (primary N) is 1. The van der Waals surface area contributed by atoms with Crippen LogP contribution in [0.25, 0.3) is 11.5 Å². The van der Waals surface area contributed by atoms with Crippen molar-refractivity contribution in [3.05, 3.63) is 24.0 Å². The standard InChI is InChI=1S/C9H11N5O/c1-5-3-7(12-4-11-5)8-13-9(6(2)10)15-14-8/h3-4,6H,10H2,1-2H3. The topological polar surface area (TPSA) is 90.7 Å². The second-order valence-corrected chi connectivity index (χ2v) is 3.29. The Bertz CT molecular complexity index is 465. The maximum absolute atomic E-state index is 5.61. The SMILES string of the molecule is Cc1cc(-c2noc(C(C)N)n2)ncn1. The Morgan fingerprint density at radius 1 is 1.40 bits per heavy atom. The molecule has 0 spiro atoms. The molecule has 0 radical (unpaired) electrons. The lowest BCUT2D eigenvalue weighted by Gasteiger charge is -1.94. The summed E-state index contributed by atoms with van der Waals surface area (Å²) >= 11 is 0. The zero-order chi connectivity index (χ0) is 10.8. The van der Waals surface area contributed by atoms with Gasteiger partial charge in [-0.15, -0.1) is 0 Å². The van der Waals surface area contributed by atoms with Crippen LogP contribution in [0.3, 0.4) is 0 Å².